The number of aromatic nitrogens is 2. The third-order valence-electron chi connectivity index (χ3n) is 3.95. The molecule has 0 spiro atoms. The lowest BCUT2D eigenvalue weighted by molar-refractivity contribution is -0.148. The molecule has 0 unspecified atom stereocenters. The Morgan fingerprint density at radius 1 is 1.14 bits per heavy atom. The van der Waals surface area contributed by atoms with Gasteiger partial charge in [0, 0.05) is 5.56 Å². The first kappa shape index (κ1) is 20.0. The Balaban J connectivity index is 1.55. The van der Waals surface area contributed by atoms with Crippen molar-refractivity contribution in [3.8, 4) is 17.2 Å². The number of nitrogens with one attached hydrogen (secondary N) is 1. The lowest BCUT2D eigenvalue weighted by atomic mass is 10.2. The number of carbonyl (C=O) groups is 2. The number of ether oxygens (including phenoxy) is 2. The van der Waals surface area contributed by atoms with Gasteiger partial charge in [-0.3, -0.25) is 9.59 Å². The molecule has 8 nitrogen and oxygen atoms in total. The molecule has 1 atom stereocenters. The second-order valence-corrected chi connectivity index (χ2v) is 5.97. The fourth-order valence-corrected chi connectivity index (χ4v) is 2.43. The van der Waals surface area contributed by atoms with Crippen LogP contribution in [0.25, 0.3) is 11.5 Å². The molecule has 29 heavy (non-hydrogen) atoms. The van der Waals surface area contributed by atoms with Gasteiger partial charge in [-0.15, -0.1) is 10.2 Å². The number of rotatable bonds is 7. The number of amides is 1. The van der Waals surface area contributed by atoms with Gasteiger partial charge in [-0.1, -0.05) is 12.1 Å². The Morgan fingerprint density at radius 2 is 1.86 bits per heavy atom. The summed E-state index contributed by atoms with van der Waals surface area (Å²) in [5.74, 6) is -1.07. The maximum absolute atomic E-state index is 13.6. The number of halogens is 1. The molecule has 0 aliphatic carbocycles. The summed E-state index contributed by atoms with van der Waals surface area (Å²) < 4.78 is 29.4. The molecule has 0 saturated carbocycles. The van der Waals surface area contributed by atoms with E-state index >= 15 is 0 Å². The number of carbonyl (C=O) groups excluding carboxylic acids is 2. The van der Waals surface area contributed by atoms with E-state index in [0.717, 1.165) is 6.07 Å². The average molecular weight is 399 g/mol. The van der Waals surface area contributed by atoms with Gasteiger partial charge in [0.25, 0.3) is 11.8 Å². The first-order chi connectivity index (χ1) is 14.0. The first-order valence-corrected chi connectivity index (χ1v) is 8.68. The molecule has 2 aromatic carbocycles. The number of esters is 1. The number of benzene rings is 2. The van der Waals surface area contributed by atoms with Crippen LogP contribution < -0.4 is 10.1 Å². The van der Waals surface area contributed by atoms with Crippen LogP contribution in [0.4, 0.5) is 4.39 Å². The molecule has 3 aromatic rings. The van der Waals surface area contributed by atoms with E-state index in [-0.39, 0.29) is 17.3 Å². The molecule has 0 radical (unpaired) electrons. The maximum Gasteiger partial charge on any atom is 0.326 e. The average Bonchev–Trinajstić information content (AvgIpc) is 3.23. The Hall–Kier alpha value is -3.75. The molecule has 0 bridgehead atoms. The molecule has 1 amide bonds. The fraction of sp³-hybridized carbons (Fsp3) is 0.200. The standard InChI is InChI=1S/C20H18FN3O5/c1-12(19-23-24-20(29-19)13-7-9-14(27-2)10-8-13)28-17(25)11-22-18(26)15-5-3-4-6-16(15)21/h3-10,12H,11H2,1-2H3,(H,22,26)/t12-/m1/s1. The highest BCUT2D eigenvalue weighted by molar-refractivity contribution is 5.96. The maximum atomic E-state index is 13.6. The number of hydrogen-bond donors (Lipinski definition) is 1. The molecule has 150 valence electrons. The summed E-state index contributed by atoms with van der Waals surface area (Å²) in [6.45, 7) is 1.12. The van der Waals surface area contributed by atoms with Crippen molar-refractivity contribution in [2.45, 2.75) is 13.0 Å². The van der Waals surface area contributed by atoms with Crippen molar-refractivity contribution in [1.82, 2.24) is 15.5 Å². The largest absolute Gasteiger partial charge is 0.497 e. The summed E-state index contributed by atoms with van der Waals surface area (Å²) in [5, 5.41) is 10.1. The van der Waals surface area contributed by atoms with E-state index in [9.17, 15) is 14.0 Å². The highest BCUT2D eigenvalue weighted by Crippen LogP contribution is 2.24. The third kappa shape index (κ3) is 4.95. The van der Waals surface area contributed by atoms with Gasteiger partial charge in [0.15, 0.2) is 6.10 Å². The van der Waals surface area contributed by atoms with E-state index in [4.69, 9.17) is 13.9 Å². The minimum atomic E-state index is -0.827. The van der Waals surface area contributed by atoms with E-state index in [1.165, 1.54) is 18.2 Å². The van der Waals surface area contributed by atoms with Crippen LogP contribution in [0, 0.1) is 5.82 Å². The Bertz CT molecular complexity index is 1000. The predicted octanol–water partition coefficient (Wildman–Crippen LogP) is 2.92. The Morgan fingerprint density at radius 3 is 2.55 bits per heavy atom. The third-order valence-corrected chi connectivity index (χ3v) is 3.95. The van der Waals surface area contributed by atoms with Gasteiger partial charge in [0.1, 0.15) is 18.1 Å². The second-order valence-electron chi connectivity index (χ2n) is 5.97. The van der Waals surface area contributed by atoms with Crippen LogP contribution in [0.5, 0.6) is 5.75 Å². The van der Waals surface area contributed by atoms with Gasteiger partial charge < -0.3 is 19.2 Å². The molecule has 0 fully saturated rings. The van der Waals surface area contributed by atoms with E-state index in [1.54, 1.807) is 38.3 Å². The highest BCUT2D eigenvalue weighted by atomic mass is 19.1. The van der Waals surface area contributed by atoms with E-state index < -0.39 is 30.3 Å². The van der Waals surface area contributed by atoms with E-state index in [1.807, 2.05) is 0 Å². The highest BCUT2D eigenvalue weighted by Gasteiger charge is 2.20. The molecule has 1 aromatic heterocycles. The zero-order chi connectivity index (χ0) is 20.8. The summed E-state index contributed by atoms with van der Waals surface area (Å²) in [5.41, 5.74) is 0.523. The summed E-state index contributed by atoms with van der Waals surface area (Å²) >= 11 is 0. The van der Waals surface area contributed by atoms with Crippen molar-refractivity contribution < 1.29 is 27.9 Å². The van der Waals surface area contributed by atoms with Gasteiger partial charge >= 0.3 is 5.97 Å². The summed E-state index contributed by atoms with van der Waals surface area (Å²) in [6, 6.07) is 12.5. The molecule has 0 aliphatic rings. The Kier molecular flexibility index (Phi) is 6.18. The molecular weight excluding hydrogens is 381 g/mol. The SMILES string of the molecule is COc1ccc(-c2nnc([C@@H](C)OC(=O)CNC(=O)c3ccccc3F)o2)cc1. The molecular formula is C20H18FN3O5. The van der Waals surface area contributed by atoms with Crippen molar-refractivity contribution in [2.24, 2.45) is 0 Å². The zero-order valence-electron chi connectivity index (χ0n) is 15.7. The first-order valence-electron chi connectivity index (χ1n) is 8.68. The van der Waals surface area contributed by atoms with E-state index in [2.05, 4.69) is 15.5 Å². The van der Waals surface area contributed by atoms with Crippen molar-refractivity contribution >= 4 is 11.9 Å². The number of methoxy groups -OCH3 is 1. The quantitative estimate of drug-likeness (QED) is 0.609. The van der Waals surface area contributed by atoms with Crippen molar-refractivity contribution in [2.75, 3.05) is 13.7 Å². The zero-order valence-corrected chi connectivity index (χ0v) is 15.7. The minimum absolute atomic E-state index is 0.101. The van der Waals surface area contributed by atoms with Crippen molar-refractivity contribution in [1.29, 1.82) is 0 Å². The second kappa shape index (κ2) is 8.96. The minimum Gasteiger partial charge on any atom is -0.497 e. The van der Waals surface area contributed by atoms with Gasteiger partial charge in [0.2, 0.25) is 5.89 Å². The van der Waals surface area contributed by atoms with Crippen LogP contribution in [0.3, 0.4) is 0 Å². The van der Waals surface area contributed by atoms with Gasteiger partial charge in [-0.05, 0) is 43.3 Å². The van der Waals surface area contributed by atoms with E-state index in [0.29, 0.717) is 11.3 Å². The number of nitrogens with zero attached hydrogens (tertiary/aromatic N) is 2. The van der Waals surface area contributed by atoms with Crippen LogP contribution in [0.1, 0.15) is 29.3 Å². The van der Waals surface area contributed by atoms with Gasteiger partial charge in [-0.25, -0.2) is 4.39 Å². The van der Waals surface area contributed by atoms with Crippen molar-refractivity contribution in [3.63, 3.8) is 0 Å². The molecule has 1 N–H and O–H groups in total. The lowest BCUT2D eigenvalue weighted by Gasteiger charge is -2.10. The molecule has 0 aliphatic heterocycles. The van der Waals surface area contributed by atoms with Crippen LogP contribution in [0.2, 0.25) is 0 Å². The monoisotopic (exact) mass is 399 g/mol. The molecule has 1 heterocycles. The Labute approximate surface area is 165 Å². The summed E-state index contributed by atoms with van der Waals surface area (Å²) in [6.07, 6.45) is -0.827. The van der Waals surface area contributed by atoms with Gasteiger partial charge in [0.05, 0.1) is 12.7 Å². The van der Waals surface area contributed by atoms with Crippen molar-refractivity contribution in [3.05, 3.63) is 65.8 Å². The van der Waals surface area contributed by atoms with Crippen LogP contribution in [-0.2, 0) is 9.53 Å². The lowest BCUT2D eigenvalue weighted by Crippen LogP contribution is -2.31. The molecule has 3 rings (SSSR count). The summed E-state index contributed by atoms with van der Waals surface area (Å²) in [7, 11) is 1.56. The van der Waals surface area contributed by atoms with Crippen LogP contribution in [0.15, 0.2) is 52.9 Å². The fourth-order valence-electron chi connectivity index (χ4n) is 2.43. The molecule has 9 heteroatoms. The molecule has 0 saturated heterocycles. The smallest absolute Gasteiger partial charge is 0.326 e. The van der Waals surface area contributed by atoms with Crippen LogP contribution >= 0.6 is 0 Å². The van der Waals surface area contributed by atoms with Gasteiger partial charge in [-0.2, -0.15) is 0 Å². The predicted molar refractivity (Wildman–Crippen MR) is 99.5 cm³/mol. The normalized spacial score (nSPS) is 11.6. The topological polar surface area (TPSA) is 104 Å². The number of hydrogen-bond acceptors (Lipinski definition) is 7. The summed E-state index contributed by atoms with van der Waals surface area (Å²) in [4.78, 5) is 23.9. The van der Waals surface area contributed by atoms with Crippen LogP contribution in [-0.4, -0.2) is 35.7 Å².